The number of hydrogen-bond donors (Lipinski definition) is 1. The van der Waals surface area contributed by atoms with Crippen LogP contribution in [-0.2, 0) is 0 Å². The first-order valence-electron chi connectivity index (χ1n) is 5.27. The molecule has 0 aliphatic heterocycles. The second kappa shape index (κ2) is 4.93. The molecule has 1 unspecified atom stereocenters. The maximum absolute atomic E-state index is 4.11. The van der Waals surface area contributed by atoms with E-state index < -0.39 is 0 Å². The van der Waals surface area contributed by atoms with Gasteiger partial charge in [0.15, 0.2) is 0 Å². The zero-order chi connectivity index (χ0) is 11.5. The molecule has 2 aromatic heterocycles. The lowest BCUT2D eigenvalue weighted by molar-refractivity contribution is 0.553. The molecule has 0 saturated heterocycles. The molecule has 1 N–H and O–H groups in total. The van der Waals surface area contributed by atoms with Crippen LogP contribution in [0.5, 0.6) is 0 Å². The van der Waals surface area contributed by atoms with Gasteiger partial charge in [0.05, 0.1) is 6.04 Å². The molecule has 16 heavy (non-hydrogen) atoms. The molecule has 0 radical (unpaired) electrons. The van der Waals surface area contributed by atoms with Gasteiger partial charge in [-0.3, -0.25) is 0 Å². The molecule has 0 aliphatic rings. The summed E-state index contributed by atoms with van der Waals surface area (Å²) in [6.07, 6.45) is 0. The Bertz CT molecular complexity index is 434. The molecule has 0 bridgehead atoms. The molecular weight excluding hydrogens is 238 g/mol. The standard InChI is InChI=1S/C11H15N3S2/c1-7(2)10(9-5-4-6-15-9)12-11-14-13-8(3)16-11/h4-7,10H,1-3H3,(H,12,14). The van der Waals surface area contributed by atoms with E-state index in [0.29, 0.717) is 12.0 Å². The van der Waals surface area contributed by atoms with Gasteiger partial charge in [-0.2, -0.15) is 0 Å². The van der Waals surface area contributed by atoms with Crippen molar-refractivity contribution in [3.05, 3.63) is 27.4 Å². The molecule has 1 atom stereocenters. The van der Waals surface area contributed by atoms with Crippen LogP contribution in [0.3, 0.4) is 0 Å². The highest BCUT2D eigenvalue weighted by Gasteiger charge is 2.17. The Balaban J connectivity index is 2.15. The molecule has 0 spiro atoms. The zero-order valence-corrected chi connectivity index (χ0v) is 11.2. The van der Waals surface area contributed by atoms with E-state index in [1.807, 2.05) is 6.92 Å². The van der Waals surface area contributed by atoms with E-state index in [0.717, 1.165) is 10.1 Å². The van der Waals surface area contributed by atoms with Gasteiger partial charge in [-0.15, -0.1) is 21.5 Å². The van der Waals surface area contributed by atoms with Gasteiger partial charge in [-0.1, -0.05) is 31.3 Å². The van der Waals surface area contributed by atoms with Crippen molar-refractivity contribution in [2.24, 2.45) is 5.92 Å². The fraction of sp³-hybridized carbons (Fsp3) is 0.455. The van der Waals surface area contributed by atoms with Crippen LogP contribution in [0.1, 0.15) is 29.8 Å². The fourth-order valence-corrected chi connectivity index (χ4v) is 3.10. The summed E-state index contributed by atoms with van der Waals surface area (Å²) in [5, 5.41) is 15.6. The predicted molar refractivity (Wildman–Crippen MR) is 70.2 cm³/mol. The van der Waals surface area contributed by atoms with Gasteiger partial charge in [0.2, 0.25) is 5.13 Å². The highest BCUT2D eigenvalue weighted by Crippen LogP contribution is 2.30. The van der Waals surface area contributed by atoms with Crippen molar-refractivity contribution < 1.29 is 0 Å². The van der Waals surface area contributed by atoms with Crippen LogP contribution in [-0.4, -0.2) is 10.2 Å². The first kappa shape index (κ1) is 11.5. The third kappa shape index (κ3) is 2.59. The second-order valence-corrected chi connectivity index (χ2v) is 6.17. The van der Waals surface area contributed by atoms with Crippen LogP contribution in [0.2, 0.25) is 0 Å². The van der Waals surface area contributed by atoms with Crippen molar-refractivity contribution in [2.75, 3.05) is 5.32 Å². The van der Waals surface area contributed by atoms with Crippen molar-refractivity contribution in [3.63, 3.8) is 0 Å². The summed E-state index contributed by atoms with van der Waals surface area (Å²) in [5.74, 6) is 0.530. The Hall–Kier alpha value is -0.940. The van der Waals surface area contributed by atoms with E-state index in [4.69, 9.17) is 0 Å². The van der Waals surface area contributed by atoms with Gasteiger partial charge in [-0.25, -0.2) is 0 Å². The van der Waals surface area contributed by atoms with Gasteiger partial charge in [0.25, 0.3) is 0 Å². The minimum Gasteiger partial charge on any atom is -0.352 e. The smallest absolute Gasteiger partial charge is 0.206 e. The summed E-state index contributed by atoms with van der Waals surface area (Å²) in [4.78, 5) is 1.35. The monoisotopic (exact) mass is 253 g/mol. The minimum atomic E-state index is 0.326. The largest absolute Gasteiger partial charge is 0.352 e. The number of thiophene rings is 1. The van der Waals surface area contributed by atoms with E-state index in [1.165, 1.54) is 4.88 Å². The summed E-state index contributed by atoms with van der Waals surface area (Å²) in [7, 11) is 0. The van der Waals surface area contributed by atoms with E-state index in [-0.39, 0.29) is 0 Å². The molecular formula is C11H15N3S2. The lowest BCUT2D eigenvalue weighted by Crippen LogP contribution is -2.15. The lowest BCUT2D eigenvalue weighted by Gasteiger charge is -2.20. The van der Waals surface area contributed by atoms with Crippen LogP contribution in [0.4, 0.5) is 5.13 Å². The first-order chi connectivity index (χ1) is 7.66. The number of hydrogen-bond acceptors (Lipinski definition) is 5. The van der Waals surface area contributed by atoms with E-state index in [9.17, 15) is 0 Å². The van der Waals surface area contributed by atoms with Crippen molar-refractivity contribution in [3.8, 4) is 0 Å². The van der Waals surface area contributed by atoms with Gasteiger partial charge in [0.1, 0.15) is 5.01 Å². The average Bonchev–Trinajstić information content (AvgIpc) is 2.84. The van der Waals surface area contributed by atoms with Crippen LogP contribution in [0.25, 0.3) is 0 Å². The summed E-state index contributed by atoms with van der Waals surface area (Å²) in [6, 6.07) is 4.57. The Morgan fingerprint density at radius 1 is 1.31 bits per heavy atom. The summed E-state index contributed by atoms with van der Waals surface area (Å²) >= 11 is 3.38. The quantitative estimate of drug-likeness (QED) is 0.902. The van der Waals surface area contributed by atoms with Gasteiger partial charge in [0, 0.05) is 4.88 Å². The molecule has 0 amide bonds. The number of anilines is 1. The Morgan fingerprint density at radius 3 is 2.62 bits per heavy atom. The average molecular weight is 253 g/mol. The molecule has 0 fully saturated rings. The zero-order valence-electron chi connectivity index (χ0n) is 9.60. The molecule has 86 valence electrons. The van der Waals surface area contributed by atoms with E-state index in [2.05, 4.69) is 46.9 Å². The maximum atomic E-state index is 4.11. The normalized spacial score (nSPS) is 13.0. The van der Waals surface area contributed by atoms with Crippen molar-refractivity contribution in [1.82, 2.24) is 10.2 Å². The van der Waals surface area contributed by atoms with E-state index in [1.54, 1.807) is 22.7 Å². The number of nitrogens with zero attached hydrogens (tertiary/aromatic N) is 2. The third-order valence-corrected chi connectivity index (χ3v) is 4.05. The molecule has 2 rings (SSSR count). The van der Waals surface area contributed by atoms with E-state index >= 15 is 0 Å². The first-order valence-corrected chi connectivity index (χ1v) is 6.96. The highest BCUT2D eigenvalue weighted by molar-refractivity contribution is 7.15. The number of aryl methyl sites for hydroxylation is 1. The van der Waals surface area contributed by atoms with Gasteiger partial charge >= 0.3 is 0 Å². The van der Waals surface area contributed by atoms with Crippen LogP contribution in [0, 0.1) is 12.8 Å². The van der Waals surface area contributed by atoms with Gasteiger partial charge in [-0.05, 0) is 24.3 Å². The molecule has 0 aromatic carbocycles. The summed E-state index contributed by atoms with van der Waals surface area (Å²) in [5.41, 5.74) is 0. The Morgan fingerprint density at radius 2 is 2.12 bits per heavy atom. The Labute approximate surface area is 104 Å². The Kier molecular flexibility index (Phi) is 3.56. The topological polar surface area (TPSA) is 37.8 Å². The minimum absolute atomic E-state index is 0.326. The molecule has 2 heterocycles. The van der Waals surface area contributed by atoms with Crippen molar-refractivity contribution in [2.45, 2.75) is 26.8 Å². The third-order valence-electron chi connectivity index (χ3n) is 2.32. The summed E-state index contributed by atoms with van der Waals surface area (Å²) in [6.45, 7) is 6.40. The van der Waals surface area contributed by atoms with Crippen LogP contribution < -0.4 is 5.32 Å². The molecule has 0 aliphatic carbocycles. The molecule has 3 nitrogen and oxygen atoms in total. The maximum Gasteiger partial charge on any atom is 0.206 e. The van der Waals surface area contributed by atoms with Crippen molar-refractivity contribution >= 4 is 27.8 Å². The fourth-order valence-electron chi connectivity index (χ4n) is 1.52. The highest BCUT2D eigenvalue weighted by atomic mass is 32.1. The second-order valence-electron chi connectivity index (χ2n) is 4.01. The summed E-state index contributed by atoms with van der Waals surface area (Å²) < 4.78 is 0. The number of aromatic nitrogens is 2. The molecule has 5 heteroatoms. The number of nitrogens with one attached hydrogen (secondary N) is 1. The SMILES string of the molecule is Cc1nnc(NC(c2cccs2)C(C)C)s1. The van der Waals surface area contributed by atoms with Crippen molar-refractivity contribution in [1.29, 1.82) is 0 Å². The number of rotatable bonds is 4. The molecule has 2 aromatic rings. The van der Waals surface area contributed by atoms with Crippen LogP contribution in [0.15, 0.2) is 17.5 Å². The predicted octanol–water partition coefficient (Wildman–Crippen LogP) is 3.72. The van der Waals surface area contributed by atoms with Crippen LogP contribution >= 0.6 is 22.7 Å². The van der Waals surface area contributed by atoms with Gasteiger partial charge < -0.3 is 5.32 Å². The molecule has 0 saturated carbocycles. The lowest BCUT2D eigenvalue weighted by atomic mass is 10.0.